The number of rotatable bonds is 3. The van der Waals surface area contributed by atoms with Crippen LogP contribution in [-0.2, 0) is 0 Å². The van der Waals surface area contributed by atoms with E-state index in [0.29, 0.717) is 11.7 Å². The number of hydrogen-bond donors (Lipinski definition) is 2. The summed E-state index contributed by atoms with van der Waals surface area (Å²) in [4.78, 5) is 8.12. The lowest BCUT2D eigenvalue weighted by Gasteiger charge is -1.98. The van der Waals surface area contributed by atoms with Gasteiger partial charge in [0.25, 0.3) is 5.89 Å². The van der Waals surface area contributed by atoms with Gasteiger partial charge in [0.05, 0.1) is 18.2 Å². The number of aromatic nitrogens is 3. The number of nitrogens with zero attached hydrogens (tertiary/aromatic N) is 3. The first-order valence-corrected chi connectivity index (χ1v) is 4.83. The summed E-state index contributed by atoms with van der Waals surface area (Å²) in [6, 6.07) is 1.27. The molecule has 0 aromatic carbocycles. The summed E-state index contributed by atoms with van der Waals surface area (Å²) in [5.74, 6) is 0.647. The first-order valence-electron chi connectivity index (χ1n) is 4.83. The standard InChI is InChI=1S/C10H12N4O2/c1-6-2-7(4-12-3-6)10-13-9(14-16-10)8(11)5-15/h2-4,8,15H,5,11H2,1H3. The Morgan fingerprint density at radius 3 is 3.00 bits per heavy atom. The summed E-state index contributed by atoms with van der Waals surface area (Å²) in [6.45, 7) is 1.71. The summed E-state index contributed by atoms with van der Waals surface area (Å²) < 4.78 is 5.04. The van der Waals surface area contributed by atoms with Crippen molar-refractivity contribution in [1.82, 2.24) is 15.1 Å². The smallest absolute Gasteiger partial charge is 0.259 e. The molecule has 1 unspecified atom stereocenters. The molecule has 0 bridgehead atoms. The number of hydrogen-bond acceptors (Lipinski definition) is 6. The molecule has 0 fully saturated rings. The summed E-state index contributed by atoms with van der Waals surface area (Å²) in [7, 11) is 0. The third-order valence-electron chi connectivity index (χ3n) is 2.09. The average molecular weight is 220 g/mol. The molecule has 0 spiro atoms. The molecule has 2 rings (SSSR count). The molecule has 0 aliphatic carbocycles. The van der Waals surface area contributed by atoms with Crippen molar-refractivity contribution in [2.45, 2.75) is 13.0 Å². The predicted octanol–water partition coefficient (Wildman–Crippen LogP) is 0.432. The van der Waals surface area contributed by atoms with Crippen molar-refractivity contribution >= 4 is 0 Å². The highest BCUT2D eigenvalue weighted by Crippen LogP contribution is 2.18. The molecule has 0 aliphatic rings. The normalized spacial score (nSPS) is 12.7. The molecule has 2 aromatic rings. The number of aliphatic hydroxyl groups is 1. The van der Waals surface area contributed by atoms with Gasteiger partial charge in [-0.15, -0.1) is 0 Å². The Hall–Kier alpha value is -1.79. The fraction of sp³-hybridized carbons (Fsp3) is 0.300. The first kappa shape index (κ1) is 10.7. The predicted molar refractivity (Wildman–Crippen MR) is 56.3 cm³/mol. The van der Waals surface area contributed by atoms with Crippen LogP contribution in [0.1, 0.15) is 17.4 Å². The van der Waals surface area contributed by atoms with Gasteiger partial charge < -0.3 is 15.4 Å². The van der Waals surface area contributed by atoms with Crippen molar-refractivity contribution in [3.8, 4) is 11.5 Å². The van der Waals surface area contributed by atoms with Crippen LogP contribution in [0.2, 0.25) is 0 Å². The quantitative estimate of drug-likeness (QED) is 0.778. The summed E-state index contributed by atoms with van der Waals surface area (Å²) in [5, 5.41) is 12.5. The van der Waals surface area contributed by atoms with Crippen molar-refractivity contribution in [2.24, 2.45) is 5.73 Å². The van der Waals surface area contributed by atoms with Crippen LogP contribution in [0.5, 0.6) is 0 Å². The first-order chi connectivity index (χ1) is 7.70. The molecular weight excluding hydrogens is 208 g/mol. The minimum atomic E-state index is -0.615. The van der Waals surface area contributed by atoms with Gasteiger partial charge in [0.1, 0.15) is 0 Å². The van der Waals surface area contributed by atoms with Crippen LogP contribution >= 0.6 is 0 Å². The molecule has 2 aromatic heterocycles. The highest BCUT2D eigenvalue weighted by Gasteiger charge is 2.14. The van der Waals surface area contributed by atoms with E-state index in [4.69, 9.17) is 15.4 Å². The fourth-order valence-electron chi connectivity index (χ4n) is 1.26. The molecule has 0 amide bonds. The van der Waals surface area contributed by atoms with E-state index >= 15 is 0 Å². The van der Waals surface area contributed by atoms with E-state index in [1.54, 1.807) is 12.4 Å². The lowest BCUT2D eigenvalue weighted by molar-refractivity contribution is 0.260. The van der Waals surface area contributed by atoms with Crippen LogP contribution in [0.3, 0.4) is 0 Å². The van der Waals surface area contributed by atoms with Crippen LogP contribution in [0.15, 0.2) is 23.0 Å². The Morgan fingerprint density at radius 1 is 1.50 bits per heavy atom. The SMILES string of the molecule is Cc1cncc(-c2nc(C(N)CO)no2)c1. The van der Waals surface area contributed by atoms with Gasteiger partial charge in [0.2, 0.25) is 0 Å². The molecule has 0 saturated heterocycles. The van der Waals surface area contributed by atoms with E-state index in [1.165, 1.54) is 0 Å². The molecule has 0 radical (unpaired) electrons. The number of aliphatic hydroxyl groups excluding tert-OH is 1. The third kappa shape index (κ3) is 2.07. The number of aryl methyl sites for hydroxylation is 1. The zero-order valence-electron chi connectivity index (χ0n) is 8.79. The van der Waals surface area contributed by atoms with E-state index in [9.17, 15) is 0 Å². The van der Waals surface area contributed by atoms with Gasteiger partial charge in [0, 0.05) is 12.4 Å². The Kier molecular flexibility index (Phi) is 2.93. The Balaban J connectivity index is 2.31. The largest absolute Gasteiger partial charge is 0.394 e. The summed E-state index contributed by atoms with van der Waals surface area (Å²) in [5.41, 5.74) is 7.31. The molecule has 16 heavy (non-hydrogen) atoms. The molecule has 84 valence electrons. The Bertz CT molecular complexity index is 483. The van der Waals surface area contributed by atoms with Crippen molar-refractivity contribution in [3.05, 3.63) is 29.8 Å². The molecule has 6 heteroatoms. The van der Waals surface area contributed by atoms with E-state index in [1.807, 2.05) is 13.0 Å². The minimum Gasteiger partial charge on any atom is -0.394 e. The number of nitrogens with two attached hydrogens (primary N) is 1. The van der Waals surface area contributed by atoms with Crippen LogP contribution in [0.4, 0.5) is 0 Å². The summed E-state index contributed by atoms with van der Waals surface area (Å²) in [6.07, 6.45) is 3.37. The van der Waals surface area contributed by atoms with E-state index in [-0.39, 0.29) is 6.61 Å². The van der Waals surface area contributed by atoms with Crippen LogP contribution in [0.25, 0.3) is 11.5 Å². The molecule has 0 aliphatic heterocycles. The third-order valence-corrected chi connectivity index (χ3v) is 2.09. The van der Waals surface area contributed by atoms with E-state index < -0.39 is 6.04 Å². The minimum absolute atomic E-state index is 0.217. The molecule has 0 saturated carbocycles. The van der Waals surface area contributed by atoms with Crippen molar-refractivity contribution < 1.29 is 9.63 Å². The highest BCUT2D eigenvalue weighted by molar-refractivity contribution is 5.51. The maximum atomic E-state index is 8.85. The maximum absolute atomic E-state index is 8.85. The van der Waals surface area contributed by atoms with Gasteiger partial charge in [-0.2, -0.15) is 4.98 Å². The van der Waals surface area contributed by atoms with E-state index in [2.05, 4.69) is 15.1 Å². The Labute approximate surface area is 92.1 Å². The fourth-order valence-corrected chi connectivity index (χ4v) is 1.26. The lowest BCUT2D eigenvalue weighted by Crippen LogP contribution is -2.15. The monoisotopic (exact) mass is 220 g/mol. The van der Waals surface area contributed by atoms with Gasteiger partial charge in [-0.25, -0.2) is 0 Å². The average Bonchev–Trinajstić information content (AvgIpc) is 2.77. The molecule has 6 nitrogen and oxygen atoms in total. The van der Waals surface area contributed by atoms with Crippen molar-refractivity contribution in [1.29, 1.82) is 0 Å². The molecule has 3 N–H and O–H groups in total. The molecular formula is C10H12N4O2. The zero-order chi connectivity index (χ0) is 11.5. The molecule has 1 atom stereocenters. The van der Waals surface area contributed by atoms with Crippen molar-refractivity contribution in [3.63, 3.8) is 0 Å². The highest BCUT2D eigenvalue weighted by atomic mass is 16.5. The lowest BCUT2D eigenvalue weighted by atomic mass is 10.2. The topological polar surface area (TPSA) is 98.1 Å². The Morgan fingerprint density at radius 2 is 2.31 bits per heavy atom. The second-order valence-electron chi connectivity index (χ2n) is 3.50. The zero-order valence-corrected chi connectivity index (χ0v) is 8.79. The maximum Gasteiger partial charge on any atom is 0.259 e. The van der Waals surface area contributed by atoms with Crippen molar-refractivity contribution in [2.75, 3.05) is 6.61 Å². The second-order valence-corrected chi connectivity index (χ2v) is 3.50. The number of pyridine rings is 1. The van der Waals surface area contributed by atoms with Gasteiger partial charge in [-0.3, -0.25) is 4.98 Å². The van der Waals surface area contributed by atoms with Gasteiger partial charge in [-0.05, 0) is 18.6 Å². The van der Waals surface area contributed by atoms with Gasteiger partial charge in [-0.1, -0.05) is 5.16 Å². The van der Waals surface area contributed by atoms with Crippen LogP contribution in [0, 0.1) is 6.92 Å². The molecule has 2 heterocycles. The van der Waals surface area contributed by atoms with E-state index in [0.717, 1.165) is 11.1 Å². The van der Waals surface area contributed by atoms with Gasteiger partial charge >= 0.3 is 0 Å². The van der Waals surface area contributed by atoms with Gasteiger partial charge in [0.15, 0.2) is 5.82 Å². The van der Waals surface area contributed by atoms with Crippen LogP contribution < -0.4 is 5.73 Å². The second kappa shape index (κ2) is 4.38. The van der Waals surface area contributed by atoms with Crippen LogP contribution in [-0.4, -0.2) is 26.8 Å². The summed E-state index contributed by atoms with van der Waals surface area (Å²) >= 11 is 0.